The number of amides is 1. The lowest BCUT2D eigenvalue weighted by Crippen LogP contribution is -2.43. The number of carbonyl (C=O) groups excluding carboxylic acids is 1. The summed E-state index contributed by atoms with van der Waals surface area (Å²) in [7, 11) is 1.64. The highest BCUT2D eigenvalue weighted by Gasteiger charge is 2.19. The van der Waals surface area contributed by atoms with E-state index in [0.29, 0.717) is 19.6 Å². The van der Waals surface area contributed by atoms with Crippen LogP contribution in [-0.4, -0.2) is 31.7 Å². The minimum atomic E-state index is -0.201. The zero-order valence-corrected chi connectivity index (χ0v) is 10.1. The van der Waals surface area contributed by atoms with Gasteiger partial charge in [-0.2, -0.15) is 0 Å². The van der Waals surface area contributed by atoms with Crippen LogP contribution in [0.25, 0.3) is 0 Å². The molecule has 0 aromatic carbocycles. The van der Waals surface area contributed by atoms with Crippen LogP contribution in [0.15, 0.2) is 0 Å². The van der Waals surface area contributed by atoms with E-state index in [9.17, 15) is 4.79 Å². The fourth-order valence-corrected chi connectivity index (χ4v) is 1.19. The fraction of sp³-hybridized carbons (Fsp3) is 0.909. The van der Waals surface area contributed by atoms with Gasteiger partial charge in [0.2, 0.25) is 5.91 Å². The van der Waals surface area contributed by atoms with Crippen molar-refractivity contribution in [3.05, 3.63) is 0 Å². The van der Waals surface area contributed by atoms with Crippen molar-refractivity contribution in [3.63, 3.8) is 0 Å². The highest BCUT2D eigenvalue weighted by atomic mass is 16.5. The highest BCUT2D eigenvalue weighted by Crippen LogP contribution is 2.11. The Labute approximate surface area is 92.6 Å². The maximum Gasteiger partial charge on any atom is 0.219 e. The lowest BCUT2D eigenvalue weighted by atomic mass is 9.96. The first-order chi connectivity index (χ1) is 7.08. The number of nitrogens with one attached hydrogen (secondary N) is 1. The van der Waals surface area contributed by atoms with E-state index >= 15 is 0 Å². The molecule has 0 spiro atoms. The van der Waals surface area contributed by atoms with E-state index in [1.807, 2.05) is 0 Å². The van der Waals surface area contributed by atoms with Gasteiger partial charge >= 0.3 is 0 Å². The maximum absolute atomic E-state index is 10.9. The Hall–Kier alpha value is -0.610. The van der Waals surface area contributed by atoms with Crippen LogP contribution < -0.4 is 11.1 Å². The molecule has 0 aromatic rings. The van der Waals surface area contributed by atoms with Gasteiger partial charge in [0, 0.05) is 25.6 Å². The summed E-state index contributed by atoms with van der Waals surface area (Å²) in [5, 5.41) is 2.58. The van der Waals surface area contributed by atoms with Gasteiger partial charge in [0.05, 0.1) is 6.61 Å². The summed E-state index contributed by atoms with van der Waals surface area (Å²) in [6, 6.07) is 0. The van der Waals surface area contributed by atoms with Crippen molar-refractivity contribution in [2.24, 2.45) is 5.73 Å². The Morgan fingerprint density at radius 2 is 2.00 bits per heavy atom. The number of rotatable bonds is 8. The van der Waals surface area contributed by atoms with E-state index < -0.39 is 0 Å². The molecule has 4 nitrogen and oxygen atoms in total. The number of ether oxygens (including phenoxy) is 1. The van der Waals surface area contributed by atoms with Crippen LogP contribution in [0, 0.1) is 0 Å². The van der Waals surface area contributed by atoms with Gasteiger partial charge in [-0.3, -0.25) is 4.79 Å². The molecule has 0 aromatic heterocycles. The second-order valence-corrected chi connectivity index (χ2v) is 3.90. The lowest BCUT2D eigenvalue weighted by molar-refractivity contribution is -0.120. The van der Waals surface area contributed by atoms with Crippen molar-refractivity contribution in [2.45, 2.75) is 45.1 Å². The van der Waals surface area contributed by atoms with Crippen LogP contribution >= 0.6 is 0 Å². The topological polar surface area (TPSA) is 64.3 Å². The summed E-state index contributed by atoms with van der Waals surface area (Å²) >= 11 is 0. The molecule has 0 aliphatic rings. The number of carbonyl (C=O) groups is 1. The van der Waals surface area contributed by atoms with Crippen LogP contribution in [0.2, 0.25) is 0 Å². The van der Waals surface area contributed by atoms with E-state index in [-0.39, 0.29) is 11.4 Å². The second-order valence-electron chi connectivity index (χ2n) is 3.90. The highest BCUT2D eigenvalue weighted by molar-refractivity contribution is 5.75. The smallest absolute Gasteiger partial charge is 0.219 e. The zero-order valence-electron chi connectivity index (χ0n) is 10.1. The molecule has 3 N–H and O–H groups in total. The first-order valence-corrected chi connectivity index (χ1v) is 5.65. The predicted molar refractivity (Wildman–Crippen MR) is 61.6 cm³/mol. The zero-order chi connectivity index (χ0) is 11.7. The van der Waals surface area contributed by atoms with Crippen LogP contribution in [-0.2, 0) is 9.53 Å². The van der Waals surface area contributed by atoms with Gasteiger partial charge in [0.25, 0.3) is 0 Å². The fourth-order valence-electron chi connectivity index (χ4n) is 1.19. The van der Waals surface area contributed by atoms with E-state index in [0.717, 1.165) is 19.3 Å². The van der Waals surface area contributed by atoms with E-state index in [1.54, 1.807) is 7.05 Å². The molecule has 0 aliphatic heterocycles. The minimum Gasteiger partial charge on any atom is -0.380 e. The molecule has 0 atom stereocenters. The molecule has 0 saturated heterocycles. The maximum atomic E-state index is 10.9. The van der Waals surface area contributed by atoms with Crippen molar-refractivity contribution < 1.29 is 9.53 Å². The minimum absolute atomic E-state index is 0.0589. The molecule has 0 fully saturated rings. The number of nitrogens with two attached hydrogens (primary N) is 1. The van der Waals surface area contributed by atoms with Gasteiger partial charge in [-0.05, 0) is 19.3 Å². The van der Waals surface area contributed by atoms with Crippen molar-refractivity contribution >= 4 is 5.91 Å². The summed E-state index contributed by atoms with van der Waals surface area (Å²) in [6.45, 7) is 5.31. The molecule has 15 heavy (non-hydrogen) atoms. The standard InChI is InChI=1S/C11H24N2O2/c1-4-11(12,5-2)9-15-8-6-7-10(14)13-3/h4-9,12H2,1-3H3,(H,13,14). The molecule has 0 aliphatic carbocycles. The summed E-state index contributed by atoms with van der Waals surface area (Å²) in [6.07, 6.45) is 3.10. The summed E-state index contributed by atoms with van der Waals surface area (Å²) < 4.78 is 5.47. The van der Waals surface area contributed by atoms with Crippen molar-refractivity contribution in [1.82, 2.24) is 5.32 Å². The van der Waals surface area contributed by atoms with Crippen LogP contribution in [0.5, 0.6) is 0 Å². The molecular formula is C11H24N2O2. The molecule has 1 amide bonds. The third-order valence-electron chi connectivity index (χ3n) is 2.77. The average molecular weight is 216 g/mol. The lowest BCUT2D eigenvalue weighted by Gasteiger charge is -2.26. The quantitative estimate of drug-likeness (QED) is 0.596. The number of hydrogen-bond acceptors (Lipinski definition) is 3. The molecular weight excluding hydrogens is 192 g/mol. The largest absolute Gasteiger partial charge is 0.380 e. The monoisotopic (exact) mass is 216 g/mol. The SMILES string of the molecule is CCC(N)(CC)COCCCC(=O)NC. The molecule has 4 heteroatoms. The summed E-state index contributed by atoms with van der Waals surface area (Å²) in [4.78, 5) is 10.9. The normalized spacial score (nSPS) is 11.5. The van der Waals surface area contributed by atoms with Crippen LogP contribution in [0.1, 0.15) is 39.5 Å². The number of hydrogen-bond donors (Lipinski definition) is 2. The Balaban J connectivity index is 3.49. The Kier molecular flexibility index (Phi) is 7.34. The average Bonchev–Trinajstić information content (AvgIpc) is 2.27. The van der Waals surface area contributed by atoms with Crippen LogP contribution in [0.3, 0.4) is 0 Å². The van der Waals surface area contributed by atoms with Gasteiger partial charge in [0.1, 0.15) is 0 Å². The molecule has 0 saturated carbocycles. The van der Waals surface area contributed by atoms with Gasteiger partial charge in [-0.1, -0.05) is 13.8 Å². The Morgan fingerprint density at radius 1 is 1.40 bits per heavy atom. The molecule has 0 rings (SSSR count). The molecule has 0 heterocycles. The molecule has 90 valence electrons. The molecule has 0 radical (unpaired) electrons. The molecule has 0 bridgehead atoms. The third kappa shape index (κ3) is 6.47. The summed E-state index contributed by atoms with van der Waals surface area (Å²) in [5.41, 5.74) is 5.86. The van der Waals surface area contributed by atoms with Crippen molar-refractivity contribution in [1.29, 1.82) is 0 Å². The van der Waals surface area contributed by atoms with Gasteiger partial charge < -0.3 is 15.8 Å². The third-order valence-corrected chi connectivity index (χ3v) is 2.77. The van der Waals surface area contributed by atoms with Crippen molar-refractivity contribution in [2.75, 3.05) is 20.3 Å². The molecule has 0 unspecified atom stereocenters. The van der Waals surface area contributed by atoms with E-state index in [1.165, 1.54) is 0 Å². The summed E-state index contributed by atoms with van der Waals surface area (Å²) in [5.74, 6) is 0.0589. The van der Waals surface area contributed by atoms with Gasteiger partial charge in [-0.25, -0.2) is 0 Å². The van der Waals surface area contributed by atoms with E-state index in [2.05, 4.69) is 19.2 Å². The first kappa shape index (κ1) is 14.4. The predicted octanol–water partition coefficient (Wildman–Crippen LogP) is 1.05. The first-order valence-electron chi connectivity index (χ1n) is 5.65. The van der Waals surface area contributed by atoms with Crippen LogP contribution in [0.4, 0.5) is 0 Å². The second kappa shape index (κ2) is 7.65. The Morgan fingerprint density at radius 3 is 2.47 bits per heavy atom. The van der Waals surface area contributed by atoms with E-state index in [4.69, 9.17) is 10.5 Å². The van der Waals surface area contributed by atoms with Crippen molar-refractivity contribution in [3.8, 4) is 0 Å². The Bertz CT molecular complexity index is 179. The van der Waals surface area contributed by atoms with Gasteiger partial charge in [-0.15, -0.1) is 0 Å². The van der Waals surface area contributed by atoms with Gasteiger partial charge in [0.15, 0.2) is 0 Å².